The molecule has 0 spiro atoms. The Labute approximate surface area is 142 Å². The van der Waals surface area contributed by atoms with Crippen LogP contribution in [0, 0.1) is 5.82 Å². The highest BCUT2D eigenvalue weighted by atomic mass is 35.5. The van der Waals surface area contributed by atoms with Crippen LogP contribution in [0.2, 0.25) is 10.0 Å². The molecule has 3 rings (SSSR count). The fourth-order valence-corrected chi connectivity index (χ4v) is 2.70. The molecule has 2 aromatic rings. The van der Waals surface area contributed by atoms with E-state index < -0.39 is 5.82 Å². The molecular weight excluding hydrogens is 338 g/mol. The Balaban J connectivity index is 1.98. The van der Waals surface area contributed by atoms with Crippen molar-refractivity contribution in [3.8, 4) is 0 Å². The molecule has 3 nitrogen and oxygen atoms in total. The van der Waals surface area contributed by atoms with Gasteiger partial charge in [-0.05, 0) is 48.9 Å². The van der Waals surface area contributed by atoms with Crippen LogP contribution in [0.15, 0.2) is 53.1 Å². The molecular formula is C17H11Cl2FN2O. The summed E-state index contributed by atoms with van der Waals surface area (Å²) in [5, 5.41) is 6.33. The molecule has 1 amide bonds. The van der Waals surface area contributed by atoms with Gasteiger partial charge in [-0.15, -0.1) is 0 Å². The van der Waals surface area contributed by atoms with Crippen molar-refractivity contribution in [1.29, 1.82) is 0 Å². The molecule has 1 aliphatic heterocycles. The third-order valence-electron chi connectivity index (χ3n) is 3.38. The van der Waals surface area contributed by atoms with Gasteiger partial charge in [-0.25, -0.2) is 4.39 Å². The van der Waals surface area contributed by atoms with Gasteiger partial charge in [0.2, 0.25) is 0 Å². The summed E-state index contributed by atoms with van der Waals surface area (Å²) in [7, 11) is 0. The van der Waals surface area contributed by atoms with Crippen LogP contribution in [-0.2, 0) is 4.79 Å². The van der Waals surface area contributed by atoms with Gasteiger partial charge in [-0.2, -0.15) is 10.1 Å². The Morgan fingerprint density at radius 2 is 1.96 bits per heavy atom. The van der Waals surface area contributed by atoms with E-state index in [0.29, 0.717) is 32.6 Å². The van der Waals surface area contributed by atoms with Crippen LogP contribution in [0.1, 0.15) is 12.5 Å². The van der Waals surface area contributed by atoms with Gasteiger partial charge in [-0.1, -0.05) is 35.3 Å². The van der Waals surface area contributed by atoms with E-state index in [1.807, 2.05) is 0 Å². The summed E-state index contributed by atoms with van der Waals surface area (Å²) in [5.74, 6) is -0.763. The fourth-order valence-electron chi connectivity index (χ4n) is 2.24. The molecule has 0 saturated heterocycles. The van der Waals surface area contributed by atoms with E-state index in [2.05, 4.69) is 5.10 Å². The number of halogens is 3. The van der Waals surface area contributed by atoms with Crippen molar-refractivity contribution >= 4 is 46.6 Å². The number of carbonyl (C=O) groups is 1. The smallest absolute Gasteiger partial charge is 0.267 e. The quantitative estimate of drug-likeness (QED) is 0.707. The second-order valence-electron chi connectivity index (χ2n) is 5.01. The minimum atomic E-state index is -0.429. The van der Waals surface area contributed by atoms with Crippen LogP contribution in [0.25, 0.3) is 6.08 Å². The topological polar surface area (TPSA) is 32.7 Å². The summed E-state index contributed by atoms with van der Waals surface area (Å²) >= 11 is 12.0. The molecule has 23 heavy (non-hydrogen) atoms. The maximum Gasteiger partial charge on any atom is 0.280 e. The standard InChI is InChI=1S/C17H11Cl2FN2O/c1-10-15(7-11-5-6-12(18)8-16(11)19)17(23)22(21-10)14-4-2-3-13(20)9-14/h2-9H,1H3/b15-7+. The van der Waals surface area contributed by atoms with Gasteiger partial charge in [0.1, 0.15) is 5.82 Å². The zero-order chi connectivity index (χ0) is 16.6. The summed E-state index contributed by atoms with van der Waals surface area (Å²) in [6.45, 7) is 1.72. The van der Waals surface area contributed by atoms with Crippen molar-refractivity contribution in [1.82, 2.24) is 0 Å². The summed E-state index contributed by atoms with van der Waals surface area (Å²) < 4.78 is 13.3. The van der Waals surface area contributed by atoms with E-state index >= 15 is 0 Å². The number of hydrogen-bond donors (Lipinski definition) is 0. The van der Waals surface area contributed by atoms with Crippen molar-refractivity contribution in [2.45, 2.75) is 6.92 Å². The first-order valence-corrected chi connectivity index (χ1v) is 7.53. The van der Waals surface area contributed by atoms with Gasteiger partial charge in [-0.3, -0.25) is 4.79 Å². The molecule has 116 valence electrons. The van der Waals surface area contributed by atoms with Crippen molar-refractivity contribution in [2.24, 2.45) is 5.10 Å². The minimum Gasteiger partial charge on any atom is -0.267 e. The largest absolute Gasteiger partial charge is 0.280 e. The van der Waals surface area contributed by atoms with Crippen molar-refractivity contribution in [2.75, 3.05) is 5.01 Å². The molecule has 6 heteroatoms. The zero-order valence-corrected chi connectivity index (χ0v) is 13.6. The van der Waals surface area contributed by atoms with Gasteiger partial charge >= 0.3 is 0 Å². The van der Waals surface area contributed by atoms with E-state index in [1.54, 1.807) is 37.3 Å². The lowest BCUT2D eigenvalue weighted by Gasteiger charge is -2.11. The van der Waals surface area contributed by atoms with Gasteiger partial charge in [0.15, 0.2) is 0 Å². The first kappa shape index (κ1) is 15.7. The monoisotopic (exact) mass is 348 g/mol. The predicted molar refractivity (Wildman–Crippen MR) is 91.4 cm³/mol. The third-order valence-corrected chi connectivity index (χ3v) is 3.94. The molecule has 0 radical (unpaired) electrons. The molecule has 0 aliphatic carbocycles. The zero-order valence-electron chi connectivity index (χ0n) is 12.1. The first-order valence-electron chi connectivity index (χ1n) is 6.78. The average molecular weight is 349 g/mol. The van der Waals surface area contributed by atoms with Crippen LogP contribution in [0.5, 0.6) is 0 Å². The number of nitrogens with zero attached hydrogens (tertiary/aromatic N) is 2. The maximum atomic E-state index is 13.3. The van der Waals surface area contributed by atoms with Crippen molar-refractivity contribution in [3.05, 3.63) is 69.5 Å². The molecule has 0 bridgehead atoms. The van der Waals surface area contributed by atoms with Crippen LogP contribution in [0.4, 0.5) is 10.1 Å². The lowest BCUT2D eigenvalue weighted by Crippen LogP contribution is -2.21. The number of benzene rings is 2. The summed E-state index contributed by atoms with van der Waals surface area (Å²) in [5.41, 5.74) is 1.97. The summed E-state index contributed by atoms with van der Waals surface area (Å²) in [4.78, 5) is 12.6. The molecule has 0 aromatic heterocycles. The Morgan fingerprint density at radius 1 is 1.17 bits per heavy atom. The van der Waals surface area contributed by atoms with E-state index in [9.17, 15) is 9.18 Å². The van der Waals surface area contributed by atoms with Gasteiger partial charge in [0.25, 0.3) is 5.91 Å². The molecule has 0 saturated carbocycles. The Morgan fingerprint density at radius 3 is 2.65 bits per heavy atom. The molecule has 0 N–H and O–H groups in total. The summed E-state index contributed by atoms with van der Waals surface area (Å²) in [6.07, 6.45) is 1.65. The van der Waals surface area contributed by atoms with Crippen molar-refractivity contribution in [3.63, 3.8) is 0 Å². The third kappa shape index (κ3) is 3.14. The molecule has 1 heterocycles. The van der Waals surface area contributed by atoms with Gasteiger partial charge in [0, 0.05) is 10.0 Å². The predicted octanol–water partition coefficient (Wildman–Crippen LogP) is 4.94. The lowest BCUT2D eigenvalue weighted by atomic mass is 10.1. The van der Waals surface area contributed by atoms with E-state index in [0.717, 1.165) is 0 Å². The minimum absolute atomic E-state index is 0.334. The van der Waals surface area contributed by atoms with E-state index in [1.165, 1.54) is 23.2 Å². The maximum absolute atomic E-state index is 13.3. The highest BCUT2D eigenvalue weighted by Gasteiger charge is 2.29. The normalized spacial score (nSPS) is 16.2. The number of carbonyl (C=O) groups excluding carboxylic acids is 1. The van der Waals surface area contributed by atoms with Gasteiger partial charge in [0.05, 0.1) is 17.0 Å². The lowest BCUT2D eigenvalue weighted by molar-refractivity contribution is -0.114. The Kier molecular flexibility index (Phi) is 4.20. The van der Waals surface area contributed by atoms with Crippen LogP contribution < -0.4 is 5.01 Å². The average Bonchev–Trinajstić information content (AvgIpc) is 2.78. The Bertz CT molecular complexity index is 861. The number of hydrogen-bond acceptors (Lipinski definition) is 2. The summed E-state index contributed by atoms with van der Waals surface area (Å²) in [6, 6.07) is 10.7. The Hall–Kier alpha value is -2.17. The van der Waals surface area contributed by atoms with Crippen LogP contribution >= 0.6 is 23.2 Å². The molecule has 2 aromatic carbocycles. The number of hydrazone groups is 1. The van der Waals surface area contributed by atoms with E-state index in [4.69, 9.17) is 23.2 Å². The fraction of sp³-hybridized carbons (Fsp3) is 0.0588. The first-order chi connectivity index (χ1) is 11.0. The van der Waals surface area contributed by atoms with Gasteiger partial charge < -0.3 is 0 Å². The number of rotatable bonds is 2. The molecule has 0 atom stereocenters. The van der Waals surface area contributed by atoms with Crippen LogP contribution in [-0.4, -0.2) is 11.6 Å². The molecule has 0 fully saturated rings. The second kappa shape index (κ2) is 6.14. The highest BCUT2D eigenvalue weighted by molar-refractivity contribution is 6.36. The van der Waals surface area contributed by atoms with Crippen LogP contribution in [0.3, 0.4) is 0 Å². The number of amides is 1. The molecule has 1 aliphatic rings. The van der Waals surface area contributed by atoms with Crippen molar-refractivity contribution < 1.29 is 9.18 Å². The highest BCUT2D eigenvalue weighted by Crippen LogP contribution is 2.28. The van der Waals surface area contributed by atoms with E-state index in [-0.39, 0.29) is 5.91 Å². The second-order valence-corrected chi connectivity index (χ2v) is 5.85. The molecule has 0 unspecified atom stereocenters. The number of anilines is 1. The SMILES string of the molecule is CC1=NN(c2cccc(F)c2)C(=O)/C1=C/c1ccc(Cl)cc1Cl.